The molecule has 0 spiro atoms. The highest BCUT2D eigenvalue weighted by atomic mass is 16.3. The topological polar surface area (TPSA) is 84.2 Å². The van der Waals surface area contributed by atoms with Gasteiger partial charge in [0.15, 0.2) is 0 Å². The first-order chi connectivity index (χ1) is 10.5. The van der Waals surface area contributed by atoms with Crippen LogP contribution in [0.3, 0.4) is 0 Å². The van der Waals surface area contributed by atoms with E-state index in [0.29, 0.717) is 23.7 Å². The fourth-order valence-corrected chi connectivity index (χ4v) is 2.39. The summed E-state index contributed by atoms with van der Waals surface area (Å²) >= 11 is 0. The first kappa shape index (κ1) is 16.2. The molecule has 0 aliphatic rings. The molecule has 118 valence electrons. The molecule has 2 N–H and O–H groups in total. The van der Waals surface area contributed by atoms with Crippen LogP contribution in [0.5, 0.6) is 0 Å². The van der Waals surface area contributed by atoms with E-state index in [0.717, 1.165) is 5.56 Å². The molecule has 0 aliphatic carbocycles. The van der Waals surface area contributed by atoms with Crippen LogP contribution in [0.4, 0.5) is 0 Å². The molecule has 6 heteroatoms. The van der Waals surface area contributed by atoms with Crippen LogP contribution in [0.15, 0.2) is 29.3 Å². The van der Waals surface area contributed by atoms with Crippen molar-refractivity contribution in [3.8, 4) is 0 Å². The third kappa shape index (κ3) is 3.71. The molecule has 0 saturated carbocycles. The normalized spacial score (nSPS) is 12.3. The van der Waals surface area contributed by atoms with E-state index in [2.05, 4.69) is 10.3 Å². The van der Waals surface area contributed by atoms with Crippen LogP contribution in [-0.4, -0.2) is 33.2 Å². The third-order valence-corrected chi connectivity index (χ3v) is 3.57. The number of aromatic nitrogens is 2. The van der Waals surface area contributed by atoms with Crippen molar-refractivity contribution in [3.63, 3.8) is 0 Å². The van der Waals surface area contributed by atoms with E-state index in [1.807, 2.05) is 26.0 Å². The van der Waals surface area contributed by atoms with Crippen molar-refractivity contribution >= 4 is 16.8 Å². The van der Waals surface area contributed by atoms with E-state index in [-0.39, 0.29) is 30.7 Å². The molecular weight excluding hydrogens is 282 g/mol. The minimum absolute atomic E-state index is 0.0361. The zero-order chi connectivity index (χ0) is 16.1. The van der Waals surface area contributed by atoms with Crippen LogP contribution >= 0.6 is 0 Å². The number of nitrogens with one attached hydrogen (secondary N) is 1. The number of carbonyl (C=O) groups excluding carboxylic acids is 1. The highest BCUT2D eigenvalue weighted by Gasteiger charge is 2.11. The number of aliphatic hydroxyl groups excluding tert-OH is 1. The van der Waals surface area contributed by atoms with Crippen LogP contribution in [0, 0.1) is 6.92 Å². The molecule has 6 nitrogen and oxygen atoms in total. The van der Waals surface area contributed by atoms with Gasteiger partial charge in [0.1, 0.15) is 6.54 Å². The number of carbonyl (C=O) groups is 1. The molecule has 0 radical (unpaired) electrons. The van der Waals surface area contributed by atoms with E-state index in [4.69, 9.17) is 5.11 Å². The Kier molecular flexibility index (Phi) is 5.27. The van der Waals surface area contributed by atoms with E-state index >= 15 is 0 Å². The second kappa shape index (κ2) is 7.17. The molecule has 0 bridgehead atoms. The summed E-state index contributed by atoms with van der Waals surface area (Å²) < 4.78 is 1.32. The van der Waals surface area contributed by atoms with E-state index in [1.54, 1.807) is 6.07 Å². The summed E-state index contributed by atoms with van der Waals surface area (Å²) in [6, 6.07) is 5.39. The lowest BCUT2D eigenvalue weighted by Gasteiger charge is -2.14. The van der Waals surface area contributed by atoms with Crippen LogP contribution in [0.2, 0.25) is 0 Å². The maximum atomic E-state index is 12.4. The average molecular weight is 303 g/mol. The fraction of sp³-hybridized carbons (Fsp3) is 0.438. The number of hydrogen-bond acceptors (Lipinski definition) is 4. The molecule has 1 unspecified atom stereocenters. The van der Waals surface area contributed by atoms with Crippen LogP contribution in [-0.2, 0) is 11.3 Å². The van der Waals surface area contributed by atoms with Gasteiger partial charge < -0.3 is 10.4 Å². The highest BCUT2D eigenvalue weighted by Crippen LogP contribution is 2.11. The standard InChI is InChI=1S/C16H21N3O3/c1-11-5-3-7-13-15(11)17-10-19(16(13)22)9-14(21)18-12(2)6-4-8-20/h3,5,7,10,12,20H,4,6,8-9H2,1-2H3,(H,18,21). The second-order valence-electron chi connectivity index (χ2n) is 5.48. The summed E-state index contributed by atoms with van der Waals surface area (Å²) in [5.74, 6) is -0.235. The monoisotopic (exact) mass is 303 g/mol. The second-order valence-corrected chi connectivity index (χ2v) is 5.48. The number of aliphatic hydroxyl groups is 1. The number of hydrogen-bond donors (Lipinski definition) is 2. The lowest BCUT2D eigenvalue weighted by atomic mass is 10.1. The van der Waals surface area contributed by atoms with Crippen molar-refractivity contribution in [3.05, 3.63) is 40.4 Å². The number of rotatable bonds is 6. The molecule has 1 amide bonds. The van der Waals surface area contributed by atoms with Gasteiger partial charge in [-0.25, -0.2) is 4.98 Å². The maximum absolute atomic E-state index is 12.4. The summed E-state index contributed by atoms with van der Waals surface area (Å²) in [6.07, 6.45) is 2.75. The minimum Gasteiger partial charge on any atom is -0.396 e. The molecule has 22 heavy (non-hydrogen) atoms. The van der Waals surface area contributed by atoms with Crippen molar-refractivity contribution in [1.82, 2.24) is 14.9 Å². The SMILES string of the molecule is Cc1cccc2c(=O)n(CC(=O)NC(C)CCCO)cnc12. The van der Waals surface area contributed by atoms with Gasteiger partial charge in [0.05, 0.1) is 17.2 Å². The lowest BCUT2D eigenvalue weighted by molar-refractivity contribution is -0.122. The smallest absolute Gasteiger partial charge is 0.261 e. The summed E-state index contributed by atoms with van der Waals surface area (Å²) in [5.41, 5.74) is 1.39. The molecule has 2 rings (SSSR count). The fourth-order valence-electron chi connectivity index (χ4n) is 2.39. The predicted molar refractivity (Wildman–Crippen MR) is 84.7 cm³/mol. The Morgan fingerprint density at radius 3 is 2.95 bits per heavy atom. The van der Waals surface area contributed by atoms with Crippen molar-refractivity contribution in [1.29, 1.82) is 0 Å². The van der Waals surface area contributed by atoms with Gasteiger partial charge in [-0.15, -0.1) is 0 Å². The Morgan fingerprint density at radius 2 is 2.23 bits per heavy atom. The summed E-state index contributed by atoms with van der Waals surface area (Å²) in [5, 5.41) is 12.1. The van der Waals surface area contributed by atoms with Crippen LogP contribution in [0.25, 0.3) is 10.9 Å². The zero-order valence-electron chi connectivity index (χ0n) is 12.9. The Hall–Kier alpha value is -2.21. The van der Waals surface area contributed by atoms with Gasteiger partial charge in [-0.3, -0.25) is 14.2 Å². The van der Waals surface area contributed by atoms with Crippen molar-refractivity contribution in [2.24, 2.45) is 0 Å². The summed E-state index contributed by atoms with van der Waals surface area (Å²) in [6.45, 7) is 3.82. The molecule has 1 heterocycles. The number of aryl methyl sites for hydroxylation is 1. The molecular formula is C16H21N3O3. The number of nitrogens with zero attached hydrogens (tertiary/aromatic N) is 2. The third-order valence-electron chi connectivity index (χ3n) is 3.57. The van der Waals surface area contributed by atoms with Gasteiger partial charge in [0.2, 0.25) is 5.91 Å². The molecule has 1 atom stereocenters. The number of fused-ring (bicyclic) bond motifs is 1. The molecule has 2 aromatic rings. The van der Waals surface area contributed by atoms with Crippen molar-refractivity contribution in [2.45, 2.75) is 39.3 Å². The van der Waals surface area contributed by atoms with Crippen molar-refractivity contribution < 1.29 is 9.90 Å². The lowest BCUT2D eigenvalue weighted by Crippen LogP contribution is -2.37. The quantitative estimate of drug-likeness (QED) is 0.833. The molecule has 0 aliphatic heterocycles. The number of para-hydroxylation sites is 1. The average Bonchev–Trinajstić information content (AvgIpc) is 2.48. The first-order valence-corrected chi connectivity index (χ1v) is 7.38. The molecule has 1 aromatic carbocycles. The number of benzene rings is 1. The highest BCUT2D eigenvalue weighted by molar-refractivity contribution is 5.81. The Morgan fingerprint density at radius 1 is 1.45 bits per heavy atom. The molecule has 1 aromatic heterocycles. The van der Waals surface area contributed by atoms with E-state index in [1.165, 1.54) is 10.9 Å². The van der Waals surface area contributed by atoms with Crippen LogP contribution in [0.1, 0.15) is 25.3 Å². The van der Waals surface area contributed by atoms with Crippen molar-refractivity contribution in [2.75, 3.05) is 6.61 Å². The van der Waals surface area contributed by atoms with Gasteiger partial charge >= 0.3 is 0 Å². The van der Waals surface area contributed by atoms with Crippen LogP contribution < -0.4 is 10.9 Å². The van der Waals surface area contributed by atoms with Gasteiger partial charge in [0.25, 0.3) is 5.56 Å². The van der Waals surface area contributed by atoms with Gasteiger partial charge in [0, 0.05) is 12.6 Å². The predicted octanol–water partition coefficient (Wildman–Crippen LogP) is 0.982. The largest absolute Gasteiger partial charge is 0.396 e. The summed E-state index contributed by atoms with van der Waals surface area (Å²) in [4.78, 5) is 28.6. The molecule has 0 fully saturated rings. The van der Waals surface area contributed by atoms with Gasteiger partial charge in [-0.1, -0.05) is 12.1 Å². The first-order valence-electron chi connectivity index (χ1n) is 7.38. The van der Waals surface area contributed by atoms with Gasteiger partial charge in [-0.2, -0.15) is 0 Å². The summed E-state index contributed by atoms with van der Waals surface area (Å²) in [7, 11) is 0. The van der Waals surface area contributed by atoms with E-state index < -0.39 is 0 Å². The van der Waals surface area contributed by atoms with Gasteiger partial charge in [-0.05, 0) is 38.3 Å². The number of amides is 1. The Bertz CT molecular complexity index is 724. The maximum Gasteiger partial charge on any atom is 0.261 e. The Labute approximate surface area is 128 Å². The van der Waals surface area contributed by atoms with E-state index in [9.17, 15) is 9.59 Å². The zero-order valence-corrected chi connectivity index (χ0v) is 12.9. The Balaban J connectivity index is 2.13. The minimum atomic E-state index is -0.235. The molecule has 0 saturated heterocycles.